The molecule has 0 radical (unpaired) electrons. The van der Waals surface area contributed by atoms with Gasteiger partial charge in [-0.25, -0.2) is 4.79 Å². The summed E-state index contributed by atoms with van der Waals surface area (Å²) in [6, 6.07) is 1.62. The second-order valence-electron chi connectivity index (χ2n) is 6.99. The van der Waals surface area contributed by atoms with Crippen LogP contribution in [0.2, 0.25) is 0 Å². The maximum absolute atomic E-state index is 12.3. The summed E-state index contributed by atoms with van der Waals surface area (Å²) in [6.07, 6.45) is 0. The molecule has 2 aromatic rings. The van der Waals surface area contributed by atoms with Crippen LogP contribution in [0.3, 0.4) is 0 Å². The third-order valence-electron chi connectivity index (χ3n) is 4.27. The van der Waals surface area contributed by atoms with E-state index >= 15 is 0 Å². The number of nitrogens with zero attached hydrogens (tertiary/aromatic N) is 2. The van der Waals surface area contributed by atoms with Crippen molar-refractivity contribution in [2.45, 2.75) is 60.1 Å². The molecule has 0 saturated heterocycles. The van der Waals surface area contributed by atoms with Crippen molar-refractivity contribution < 1.29 is 14.3 Å². The maximum atomic E-state index is 12.3. The first-order chi connectivity index (χ1) is 11.5. The van der Waals surface area contributed by atoms with E-state index in [9.17, 15) is 9.90 Å². The summed E-state index contributed by atoms with van der Waals surface area (Å²) in [6.45, 7) is 13.2. The van der Waals surface area contributed by atoms with Crippen molar-refractivity contribution in [1.29, 1.82) is 0 Å². The molecule has 0 aromatic carbocycles. The van der Waals surface area contributed by atoms with Crippen LogP contribution in [0.15, 0.2) is 10.5 Å². The van der Waals surface area contributed by atoms with Crippen LogP contribution in [-0.4, -0.2) is 27.5 Å². The van der Waals surface area contributed by atoms with E-state index in [2.05, 4.69) is 15.7 Å². The van der Waals surface area contributed by atoms with Crippen LogP contribution in [-0.2, 0) is 5.60 Å². The van der Waals surface area contributed by atoms with Gasteiger partial charge in [0, 0.05) is 11.6 Å². The first-order valence-electron chi connectivity index (χ1n) is 8.43. The van der Waals surface area contributed by atoms with E-state index in [1.54, 1.807) is 19.9 Å². The minimum absolute atomic E-state index is 0.0645. The molecule has 0 aliphatic rings. The van der Waals surface area contributed by atoms with Crippen LogP contribution in [0.4, 0.5) is 10.5 Å². The van der Waals surface area contributed by atoms with Crippen molar-refractivity contribution in [3.63, 3.8) is 0 Å². The molecule has 0 spiro atoms. The predicted octanol–water partition coefficient (Wildman–Crippen LogP) is 3.32. The molecule has 2 aromatic heterocycles. The normalized spacial score (nSPS) is 13.8. The summed E-state index contributed by atoms with van der Waals surface area (Å²) in [4.78, 5) is 12.3. The predicted molar refractivity (Wildman–Crippen MR) is 96.9 cm³/mol. The van der Waals surface area contributed by atoms with Crippen LogP contribution < -0.4 is 10.6 Å². The number of carbonyl (C=O) groups excluding carboxylic acids is 1. The van der Waals surface area contributed by atoms with Crippen molar-refractivity contribution in [2.75, 3.05) is 11.9 Å². The Balaban J connectivity index is 2.05. The number of aromatic nitrogens is 2. The second kappa shape index (κ2) is 6.92. The van der Waals surface area contributed by atoms with Crippen LogP contribution in [0.25, 0.3) is 0 Å². The molecule has 0 aliphatic heterocycles. The fourth-order valence-electron chi connectivity index (χ4n) is 3.02. The van der Waals surface area contributed by atoms with Gasteiger partial charge in [0.25, 0.3) is 0 Å². The standard InChI is InChI=1S/C18H28N4O3/c1-10(2)22-13(5)16(12(4)21-22)20-17(23)19-9-18(7,24)15-8-11(3)25-14(15)6/h8,10,24H,9H2,1-7H3,(H2,19,20,23)/t18-/m0/s1. The van der Waals surface area contributed by atoms with Crippen molar-refractivity contribution in [3.05, 3.63) is 34.5 Å². The molecule has 1 atom stereocenters. The smallest absolute Gasteiger partial charge is 0.319 e. The molecule has 0 aliphatic carbocycles. The monoisotopic (exact) mass is 348 g/mol. The lowest BCUT2D eigenvalue weighted by Gasteiger charge is -2.23. The summed E-state index contributed by atoms with van der Waals surface area (Å²) in [5, 5.41) is 20.7. The topological polar surface area (TPSA) is 92.3 Å². The average molecular weight is 348 g/mol. The first-order valence-corrected chi connectivity index (χ1v) is 8.43. The lowest BCUT2D eigenvalue weighted by Crippen LogP contribution is -2.40. The van der Waals surface area contributed by atoms with E-state index in [4.69, 9.17) is 4.42 Å². The maximum Gasteiger partial charge on any atom is 0.319 e. The van der Waals surface area contributed by atoms with E-state index in [0.717, 1.165) is 17.1 Å². The zero-order chi connectivity index (χ0) is 18.9. The molecule has 0 saturated carbocycles. The number of furan rings is 1. The van der Waals surface area contributed by atoms with Crippen molar-refractivity contribution >= 4 is 11.7 Å². The van der Waals surface area contributed by atoms with Crippen LogP contribution in [0.5, 0.6) is 0 Å². The van der Waals surface area contributed by atoms with E-state index in [1.165, 1.54) is 0 Å². The van der Waals surface area contributed by atoms with E-state index in [-0.39, 0.29) is 18.6 Å². The van der Waals surface area contributed by atoms with Crippen LogP contribution in [0, 0.1) is 27.7 Å². The Bertz CT molecular complexity index is 772. The molecule has 2 rings (SSSR count). The first kappa shape index (κ1) is 19.1. The molecular formula is C18H28N4O3. The largest absolute Gasteiger partial charge is 0.466 e. The van der Waals surface area contributed by atoms with Crippen molar-refractivity contribution in [3.8, 4) is 0 Å². The summed E-state index contributed by atoms with van der Waals surface area (Å²) in [7, 11) is 0. The van der Waals surface area contributed by atoms with E-state index in [1.807, 2.05) is 39.3 Å². The second-order valence-corrected chi connectivity index (χ2v) is 6.99. The van der Waals surface area contributed by atoms with Gasteiger partial charge < -0.3 is 20.2 Å². The molecule has 0 bridgehead atoms. The lowest BCUT2D eigenvalue weighted by atomic mass is 9.96. The van der Waals surface area contributed by atoms with Gasteiger partial charge in [-0.2, -0.15) is 5.10 Å². The molecule has 3 N–H and O–H groups in total. The Labute approximate surface area is 148 Å². The quantitative estimate of drug-likeness (QED) is 0.773. The number of aliphatic hydroxyl groups is 1. The summed E-state index contributed by atoms with van der Waals surface area (Å²) < 4.78 is 7.33. The minimum Gasteiger partial charge on any atom is -0.466 e. The number of urea groups is 1. The summed E-state index contributed by atoms with van der Waals surface area (Å²) in [5.41, 5.74) is 1.81. The highest BCUT2D eigenvalue weighted by Gasteiger charge is 2.28. The number of hydrogen-bond donors (Lipinski definition) is 3. The summed E-state index contributed by atoms with van der Waals surface area (Å²) in [5.74, 6) is 1.37. The Morgan fingerprint density at radius 3 is 2.48 bits per heavy atom. The molecule has 2 heterocycles. The van der Waals surface area contributed by atoms with Gasteiger partial charge in [0.1, 0.15) is 17.1 Å². The van der Waals surface area contributed by atoms with Gasteiger partial charge in [0.15, 0.2) is 0 Å². The zero-order valence-electron chi connectivity index (χ0n) is 16.0. The number of hydrogen-bond acceptors (Lipinski definition) is 4. The van der Waals surface area contributed by atoms with E-state index < -0.39 is 5.60 Å². The highest BCUT2D eigenvalue weighted by molar-refractivity contribution is 5.90. The molecule has 0 fully saturated rings. The third-order valence-corrected chi connectivity index (χ3v) is 4.27. The van der Waals surface area contributed by atoms with Gasteiger partial charge in [-0.15, -0.1) is 0 Å². The Hall–Kier alpha value is -2.28. The third kappa shape index (κ3) is 4.04. The Morgan fingerprint density at radius 1 is 1.36 bits per heavy atom. The van der Waals surface area contributed by atoms with Crippen LogP contribution >= 0.6 is 0 Å². The Kier molecular flexibility index (Phi) is 5.27. The van der Waals surface area contributed by atoms with Gasteiger partial charge in [0.2, 0.25) is 0 Å². The SMILES string of the molecule is Cc1cc([C@@](C)(O)CNC(=O)Nc2c(C)nn(C(C)C)c2C)c(C)o1. The fraction of sp³-hybridized carbons (Fsp3) is 0.556. The van der Waals surface area contributed by atoms with Gasteiger partial charge >= 0.3 is 6.03 Å². The molecule has 7 nitrogen and oxygen atoms in total. The molecular weight excluding hydrogens is 320 g/mol. The number of aryl methyl sites for hydroxylation is 3. The Morgan fingerprint density at radius 2 is 2.00 bits per heavy atom. The van der Waals surface area contributed by atoms with Crippen molar-refractivity contribution in [1.82, 2.24) is 15.1 Å². The van der Waals surface area contributed by atoms with Gasteiger partial charge in [-0.1, -0.05) is 0 Å². The lowest BCUT2D eigenvalue weighted by molar-refractivity contribution is 0.0584. The van der Waals surface area contributed by atoms with E-state index in [0.29, 0.717) is 17.0 Å². The van der Waals surface area contributed by atoms with Crippen molar-refractivity contribution in [2.24, 2.45) is 0 Å². The highest BCUT2D eigenvalue weighted by Crippen LogP contribution is 2.26. The molecule has 7 heteroatoms. The fourth-order valence-corrected chi connectivity index (χ4v) is 3.02. The average Bonchev–Trinajstić information content (AvgIpc) is 2.99. The summed E-state index contributed by atoms with van der Waals surface area (Å²) >= 11 is 0. The van der Waals surface area contributed by atoms with Crippen LogP contribution in [0.1, 0.15) is 55.3 Å². The van der Waals surface area contributed by atoms with Gasteiger partial charge in [-0.05, 0) is 54.5 Å². The van der Waals surface area contributed by atoms with Gasteiger partial charge in [0.05, 0.1) is 23.6 Å². The molecule has 2 amide bonds. The number of amides is 2. The number of carbonyl (C=O) groups is 1. The molecule has 138 valence electrons. The molecule has 0 unspecified atom stereocenters. The minimum atomic E-state index is -1.22. The number of rotatable bonds is 5. The number of anilines is 1. The highest BCUT2D eigenvalue weighted by atomic mass is 16.3. The zero-order valence-corrected chi connectivity index (χ0v) is 16.0. The van der Waals surface area contributed by atoms with Gasteiger partial charge in [-0.3, -0.25) is 4.68 Å². The number of nitrogens with one attached hydrogen (secondary N) is 2. The molecule has 25 heavy (non-hydrogen) atoms.